The molecule has 0 saturated carbocycles. The van der Waals surface area contributed by atoms with Gasteiger partial charge in [-0.05, 0) is 29.9 Å². The lowest BCUT2D eigenvalue weighted by Gasteiger charge is -2.33. The molecule has 0 bridgehead atoms. The monoisotopic (exact) mass is 314 g/mol. The molecule has 1 atom stereocenters. The van der Waals surface area contributed by atoms with E-state index in [1.807, 2.05) is 24.3 Å². The van der Waals surface area contributed by atoms with Gasteiger partial charge in [0.05, 0.1) is 0 Å². The number of nitrogens with zero attached hydrogens (tertiary/aromatic N) is 2. The SMILES string of the molecule is O=S(=O)(N1Cc2ccccc2C1)N1CCCC(CCl)C1. The maximum atomic E-state index is 12.7. The summed E-state index contributed by atoms with van der Waals surface area (Å²) in [5.41, 5.74) is 2.23. The first-order valence-electron chi connectivity index (χ1n) is 6.99. The lowest BCUT2D eigenvalue weighted by molar-refractivity contribution is 0.260. The molecule has 0 aromatic heterocycles. The third-order valence-corrected chi connectivity index (χ3v) is 6.50. The van der Waals surface area contributed by atoms with Crippen molar-refractivity contribution in [3.8, 4) is 0 Å². The van der Waals surface area contributed by atoms with Gasteiger partial charge in [0.25, 0.3) is 10.2 Å². The van der Waals surface area contributed by atoms with E-state index in [1.54, 1.807) is 8.61 Å². The van der Waals surface area contributed by atoms with Gasteiger partial charge in [0.1, 0.15) is 0 Å². The molecule has 2 aliphatic heterocycles. The summed E-state index contributed by atoms with van der Waals surface area (Å²) in [4.78, 5) is 0. The van der Waals surface area contributed by atoms with Gasteiger partial charge in [-0.1, -0.05) is 24.3 Å². The molecular weight excluding hydrogens is 296 g/mol. The van der Waals surface area contributed by atoms with Gasteiger partial charge in [-0.2, -0.15) is 17.0 Å². The van der Waals surface area contributed by atoms with Crippen LogP contribution in [0.3, 0.4) is 0 Å². The molecule has 1 aromatic rings. The zero-order chi connectivity index (χ0) is 14.2. The zero-order valence-corrected chi connectivity index (χ0v) is 12.9. The Morgan fingerprint density at radius 2 is 1.80 bits per heavy atom. The Hall–Kier alpha value is -0.620. The lowest BCUT2D eigenvalue weighted by Crippen LogP contribution is -2.46. The van der Waals surface area contributed by atoms with Crippen molar-refractivity contribution in [2.75, 3.05) is 19.0 Å². The number of piperidine rings is 1. The number of benzene rings is 1. The molecule has 1 aromatic carbocycles. The number of alkyl halides is 1. The third kappa shape index (κ3) is 2.60. The van der Waals surface area contributed by atoms with Crippen molar-refractivity contribution < 1.29 is 8.42 Å². The molecule has 3 rings (SSSR count). The van der Waals surface area contributed by atoms with Gasteiger partial charge in [0.15, 0.2) is 0 Å². The predicted octanol–water partition coefficient (Wildman–Crippen LogP) is 2.20. The van der Waals surface area contributed by atoms with Gasteiger partial charge in [0, 0.05) is 32.1 Å². The summed E-state index contributed by atoms with van der Waals surface area (Å²) in [5, 5.41) is 0. The van der Waals surface area contributed by atoms with Crippen molar-refractivity contribution in [2.45, 2.75) is 25.9 Å². The van der Waals surface area contributed by atoms with Gasteiger partial charge in [0.2, 0.25) is 0 Å². The molecule has 0 radical (unpaired) electrons. The first-order chi connectivity index (χ1) is 9.61. The largest absolute Gasteiger partial charge is 0.282 e. The van der Waals surface area contributed by atoms with Crippen molar-refractivity contribution in [1.82, 2.24) is 8.61 Å². The van der Waals surface area contributed by atoms with Gasteiger partial charge < -0.3 is 0 Å². The van der Waals surface area contributed by atoms with E-state index < -0.39 is 10.2 Å². The van der Waals surface area contributed by atoms with E-state index >= 15 is 0 Å². The maximum absolute atomic E-state index is 12.7. The molecule has 1 fully saturated rings. The van der Waals surface area contributed by atoms with Crippen molar-refractivity contribution >= 4 is 21.8 Å². The Labute approximate surface area is 125 Å². The second-order valence-electron chi connectivity index (χ2n) is 5.57. The van der Waals surface area contributed by atoms with Crippen molar-refractivity contribution in [2.24, 2.45) is 5.92 Å². The Morgan fingerprint density at radius 1 is 1.15 bits per heavy atom. The van der Waals surface area contributed by atoms with Gasteiger partial charge in [-0.15, -0.1) is 11.6 Å². The number of halogens is 1. The van der Waals surface area contributed by atoms with E-state index in [0.29, 0.717) is 32.1 Å². The first-order valence-corrected chi connectivity index (χ1v) is 8.92. The molecular formula is C14H19ClN2O2S. The summed E-state index contributed by atoms with van der Waals surface area (Å²) in [7, 11) is -3.36. The highest BCUT2D eigenvalue weighted by atomic mass is 35.5. The average molecular weight is 315 g/mol. The Balaban J connectivity index is 1.77. The number of hydrogen-bond acceptors (Lipinski definition) is 2. The van der Waals surface area contributed by atoms with Crippen molar-refractivity contribution in [3.63, 3.8) is 0 Å². The molecule has 0 aliphatic carbocycles. The maximum Gasteiger partial charge on any atom is 0.282 e. The minimum Gasteiger partial charge on any atom is -0.195 e. The third-order valence-electron chi connectivity index (χ3n) is 4.16. The molecule has 0 N–H and O–H groups in total. The van der Waals surface area contributed by atoms with Crippen LogP contribution in [0.2, 0.25) is 0 Å². The molecule has 1 unspecified atom stereocenters. The van der Waals surface area contributed by atoms with Crippen LogP contribution in [-0.2, 0) is 23.3 Å². The van der Waals surface area contributed by atoms with Crippen molar-refractivity contribution in [3.05, 3.63) is 35.4 Å². The Bertz CT molecular complexity index is 566. The molecule has 0 amide bonds. The minimum atomic E-state index is -3.36. The summed E-state index contributed by atoms with van der Waals surface area (Å²) in [6.45, 7) is 2.14. The van der Waals surface area contributed by atoms with E-state index in [2.05, 4.69) is 0 Å². The van der Waals surface area contributed by atoms with Crippen LogP contribution in [0, 0.1) is 5.92 Å². The fraction of sp³-hybridized carbons (Fsp3) is 0.571. The highest BCUT2D eigenvalue weighted by molar-refractivity contribution is 7.86. The van der Waals surface area contributed by atoms with Crippen LogP contribution in [0.25, 0.3) is 0 Å². The number of rotatable bonds is 3. The Kier molecular flexibility index (Phi) is 4.04. The van der Waals surface area contributed by atoms with E-state index in [4.69, 9.17) is 11.6 Å². The van der Waals surface area contributed by atoms with E-state index in [-0.39, 0.29) is 5.92 Å². The van der Waals surface area contributed by atoms with Crippen LogP contribution in [0.15, 0.2) is 24.3 Å². The summed E-state index contributed by atoms with van der Waals surface area (Å²) >= 11 is 5.89. The van der Waals surface area contributed by atoms with E-state index in [0.717, 1.165) is 24.0 Å². The molecule has 0 spiro atoms. The predicted molar refractivity (Wildman–Crippen MR) is 79.6 cm³/mol. The van der Waals surface area contributed by atoms with Gasteiger partial charge in [-0.25, -0.2) is 0 Å². The summed E-state index contributed by atoms with van der Waals surface area (Å²) < 4.78 is 28.6. The highest BCUT2D eigenvalue weighted by Gasteiger charge is 2.36. The highest BCUT2D eigenvalue weighted by Crippen LogP contribution is 2.29. The van der Waals surface area contributed by atoms with Crippen LogP contribution in [0.4, 0.5) is 0 Å². The van der Waals surface area contributed by atoms with Crippen LogP contribution in [0.5, 0.6) is 0 Å². The molecule has 20 heavy (non-hydrogen) atoms. The van der Waals surface area contributed by atoms with Crippen LogP contribution >= 0.6 is 11.6 Å². The molecule has 1 saturated heterocycles. The first kappa shape index (κ1) is 14.3. The van der Waals surface area contributed by atoms with Crippen LogP contribution in [-0.4, -0.2) is 36.0 Å². The average Bonchev–Trinajstić information content (AvgIpc) is 2.92. The summed E-state index contributed by atoms with van der Waals surface area (Å²) in [6, 6.07) is 7.92. The topological polar surface area (TPSA) is 40.6 Å². The summed E-state index contributed by atoms with van der Waals surface area (Å²) in [5.74, 6) is 0.817. The molecule has 6 heteroatoms. The normalized spacial score (nSPS) is 24.8. The Morgan fingerprint density at radius 3 is 2.40 bits per heavy atom. The van der Waals surface area contributed by atoms with Gasteiger partial charge >= 0.3 is 0 Å². The molecule has 110 valence electrons. The number of hydrogen-bond donors (Lipinski definition) is 0. The molecule has 2 aliphatic rings. The van der Waals surface area contributed by atoms with E-state index in [1.165, 1.54) is 0 Å². The summed E-state index contributed by atoms with van der Waals surface area (Å²) in [6.07, 6.45) is 1.92. The minimum absolute atomic E-state index is 0.283. The molecule has 4 nitrogen and oxygen atoms in total. The second-order valence-corrected chi connectivity index (χ2v) is 7.80. The number of fused-ring (bicyclic) bond motifs is 1. The fourth-order valence-corrected chi connectivity index (χ4v) is 4.93. The standard InChI is InChI=1S/C14H19ClN2O2S/c15-8-12-4-3-7-16(9-12)20(18,19)17-10-13-5-1-2-6-14(13)11-17/h1-2,5-6,12H,3-4,7-11H2. The molecule has 2 heterocycles. The smallest absolute Gasteiger partial charge is 0.195 e. The van der Waals surface area contributed by atoms with E-state index in [9.17, 15) is 8.42 Å². The van der Waals surface area contributed by atoms with Crippen LogP contribution < -0.4 is 0 Å². The quantitative estimate of drug-likeness (QED) is 0.803. The fourth-order valence-electron chi connectivity index (χ4n) is 2.99. The van der Waals surface area contributed by atoms with Crippen LogP contribution in [0.1, 0.15) is 24.0 Å². The lowest BCUT2D eigenvalue weighted by atomic mass is 10.0. The zero-order valence-electron chi connectivity index (χ0n) is 11.3. The van der Waals surface area contributed by atoms with Gasteiger partial charge in [-0.3, -0.25) is 0 Å². The second kappa shape index (κ2) is 5.64. The van der Waals surface area contributed by atoms with Crippen molar-refractivity contribution in [1.29, 1.82) is 0 Å².